The fraction of sp³-hybridized carbons (Fsp3) is 0.120. The Balaban J connectivity index is 1.36. The van der Waals surface area contributed by atoms with Crippen LogP contribution in [0.4, 0.5) is 5.69 Å². The smallest absolute Gasteiger partial charge is 0.253 e. The molecule has 0 aliphatic carbocycles. The van der Waals surface area contributed by atoms with Gasteiger partial charge in [-0.05, 0) is 53.4 Å². The fourth-order valence-corrected chi connectivity index (χ4v) is 3.62. The highest BCUT2D eigenvalue weighted by atomic mass is 35.5. The molecule has 0 bridgehead atoms. The Labute approximate surface area is 196 Å². The van der Waals surface area contributed by atoms with Gasteiger partial charge in [0.25, 0.3) is 5.91 Å². The summed E-state index contributed by atoms with van der Waals surface area (Å²) in [5.41, 5.74) is 10.7. The van der Waals surface area contributed by atoms with Crippen LogP contribution in [0.3, 0.4) is 0 Å². The van der Waals surface area contributed by atoms with E-state index >= 15 is 0 Å². The van der Waals surface area contributed by atoms with Crippen molar-refractivity contribution in [3.05, 3.63) is 112 Å². The van der Waals surface area contributed by atoms with E-state index in [9.17, 15) is 4.79 Å². The van der Waals surface area contributed by atoms with Crippen LogP contribution in [0.1, 0.15) is 32.6 Å². The quantitative estimate of drug-likeness (QED) is 0.274. The summed E-state index contributed by atoms with van der Waals surface area (Å²) in [5.74, 6) is -0.302. The standard InChI is InChI=1S/C25H23ClN6O/c26-21-6-7-23(27)22(12-21)24(28)15-30-25(33)20-11-19(13-29-14-20)10-17-2-4-18(5-3-17)16-32-9-1-8-31-32/h1-9,11-14,28H,10,15-16,27H2,(H,30,33). The number of hydrogen-bond donors (Lipinski definition) is 3. The third-order valence-electron chi connectivity index (χ3n) is 5.16. The van der Waals surface area contributed by atoms with Gasteiger partial charge in [0.1, 0.15) is 0 Å². The molecule has 8 heteroatoms. The molecule has 33 heavy (non-hydrogen) atoms. The van der Waals surface area contributed by atoms with Crippen LogP contribution in [0.15, 0.2) is 79.4 Å². The van der Waals surface area contributed by atoms with Gasteiger partial charge in [-0.15, -0.1) is 0 Å². The highest BCUT2D eigenvalue weighted by Gasteiger charge is 2.11. The minimum absolute atomic E-state index is 0.0331. The Morgan fingerprint density at radius 1 is 1.06 bits per heavy atom. The zero-order valence-corrected chi connectivity index (χ0v) is 18.6. The van der Waals surface area contributed by atoms with E-state index in [-0.39, 0.29) is 18.2 Å². The number of nitrogens with one attached hydrogen (secondary N) is 2. The number of hydrogen-bond acceptors (Lipinski definition) is 5. The van der Waals surface area contributed by atoms with Crippen molar-refractivity contribution in [3.63, 3.8) is 0 Å². The molecule has 7 nitrogen and oxygen atoms in total. The summed E-state index contributed by atoms with van der Waals surface area (Å²) in [6.07, 6.45) is 7.62. The van der Waals surface area contributed by atoms with Crippen molar-refractivity contribution in [2.24, 2.45) is 0 Å². The number of nitrogens with two attached hydrogens (primary N) is 1. The number of amides is 1. The Hall–Kier alpha value is -3.97. The first-order valence-electron chi connectivity index (χ1n) is 10.4. The normalized spacial score (nSPS) is 10.7. The SMILES string of the molecule is N=C(CNC(=O)c1cncc(Cc2ccc(Cn3cccn3)cc2)c1)c1cc(Cl)ccc1N. The van der Waals surface area contributed by atoms with Gasteiger partial charge in [0.2, 0.25) is 0 Å². The lowest BCUT2D eigenvalue weighted by Crippen LogP contribution is -2.30. The van der Waals surface area contributed by atoms with E-state index in [1.54, 1.807) is 30.6 Å². The molecule has 0 atom stereocenters. The maximum absolute atomic E-state index is 12.6. The number of carbonyl (C=O) groups excluding carboxylic acids is 1. The lowest BCUT2D eigenvalue weighted by molar-refractivity contribution is 0.0959. The first-order valence-corrected chi connectivity index (χ1v) is 10.8. The van der Waals surface area contributed by atoms with Gasteiger partial charge in [0.15, 0.2) is 0 Å². The fourth-order valence-electron chi connectivity index (χ4n) is 3.44. The van der Waals surface area contributed by atoms with Crippen molar-refractivity contribution in [1.29, 1.82) is 5.41 Å². The molecule has 0 aliphatic heterocycles. The van der Waals surface area contributed by atoms with Crippen LogP contribution in [0.5, 0.6) is 0 Å². The lowest BCUT2D eigenvalue weighted by Gasteiger charge is -2.10. The molecule has 0 aliphatic rings. The molecule has 0 spiro atoms. The van der Waals surface area contributed by atoms with Crippen molar-refractivity contribution in [3.8, 4) is 0 Å². The number of nitrogens with zero attached hydrogens (tertiary/aromatic N) is 3. The molecule has 4 rings (SSSR count). The predicted molar refractivity (Wildman–Crippen MR) is 130 cm³/mol. The van der Waals surface area contributed by atoms with Crippen LogP contribution in [0.2, 0.25) is 5.02 Å². The van der Waals surface area contributed by atoms with Crippen LogP contribution in [0, 0.1) is 5.41 Å². The summed E-state index contributed by atoms with van der Waals surface area (Å²) in [6.45, 7) is 0.756. The largest absolute Gasteiger partial charge is 0.398 e. The molecular formula is C25H23ClN6O. The number of nitrogen functional groups attached to an aromatic ring is 1. The number of rotatable bonds is 8. The number of anilines is 1. The Kier molecular flexibility index (Phi) is 6.80. The zero-order valence-electron chi connectivity index (χ0n) is 17.8. The summed E-state index contributed by atoms with van der Waals surface area (Å²) in [4.78, 5) is 16.8. The van der Waals surface area contributed by atoms with Crippen LogP contribution in [-0.4, -0.2) is 32.9 Å². The number of benzene rings is 2. The van der Waals surface area contributed by atoms with Gasteiger partial charge in [-0.1, -0.05) is 35.9 Å². The van der Waals surface area contributed by atoms with Crippen LogP contribution >= 0.6 is 11.6 Å². The van der Waals surface area contributed by atoms with Gasteiger partial charge < -0.3 is 16.5 Å². The second-order valence-corrected chi connectivity index (χ2v) is 8.11. The van der Waals surface area contributed by atoms with Gasteiger partial charge in [-0.3, -0.25) is 14.5 Å². The molecule has 2 aromatic heterocycles. The van der Waals surface area contributed by atoms with E-state index in [0.717, 1.165) is 23.2 Å². The molecule has 0 saturated carbocycles. The zero-order chi connectivity index (χ0) is 23.2. The Morgan fingerprint density at radius 2 is 1.85 bits per heavy atom. The molecule has 2 heterocycles. The summed E-state index contributed by atoms with van der Waals surface area (Å²) < 4.78 is 1.88. The first kappa shape index (κ1) is 22.2. The first-order chi connectivity index (χ1) is 16.0. The van der Waals surface area contributed by atoms with E-state index in [2.05, 4.69) is 39.7 Å². The van der Waals surface area contributed by atoms with E-state index in [1.165, 1.54) is 6.20 Å². The Morgan fingerprint density at radius 3 is 2.61 bits per heavy atom. The maximum Gasteiger partial charge on any atom is 0.253 e. The van der Waals surface area contributed by atoms with Crippen LogP contribution in [0.25, 0.3) is 0 Å². The minimum Gasteiger partial charge on any atom is -0.398 e. The summed E-state index contributed by atoms with van der Waals surface area (Å²) in [6, 6.07) is 16.9. The highest BCUT2D eigenvalue weighted by molar-refractivity contribution is 6.31. The predicted octanol–water partition coefficient (Wildman–Crippen LogP) is 3.95. The molecule has 0 saturated heterocycles. The maximum atomic E-state index is 12.6. The minimum atomic E-state index is -0.302. The topological polar surface area (TPSA) is 110 Å². The molecule has 0 unspecified atom stereocenters. The average Bonchev–Trinajstić information content (AvgIpc) is 3.33. The molecule has 2 aromatic carbocycles. The third-order valence-corrected chi connectivity index (χ3v) is 5.39. The third kappa shape index (κ3) is 5.84. The van der Waals surface area contributed by atoms with E-state index in [0.29, 0.717) is 28.3 Å². The number of pyridine rings is 1. The molecule has 166 valence electrons. The van der Waals surface area contributed by atoms with Crippen molar-refractivity contribution in [2.75, 3.05) is 12.3 Å². The number of halogens is 1. The van der Waals surface area contributed by atoms with Gasteiger partial charge in [-0.2, -0.15) is 5.10 Å². The number of aromatic nitrogens is 3. The summed E-state index contributed by atoms with van der Waals surface area (Å²) in [5, 5.41) is 15.7. The molecular weight excluding hydrogens is 436 g/mol. The Bertz CT molecular complexity index is 1270. The van der Waals surface area contributed by atoms with Crippen molar-refractivity contribution in [2.45, 2.75) is 13.0 Å². The van der Waals surface area contributed by atoms with Gasteiger partial charge in [0.05, 0.1) is 24.4 Å². The van der Waals surface area contributed by atoms with Gasteiger partial charge in [-0.25, -0.2) is 0 Å². The van der Waals surface area contributed by atoms with E-state index in [4.69, 9.17) is 22.7 Å². The second kappa shape index (κ2) is 10.1. The highest BCUT2D eigenvalue weighted by Crippen LogP contribution is 2.18. The monoisotopic (exact) mass is 458 g/mol. The van der Waals surface area contributed by atoms with Gasteiger partial charge >= 0.3 is 0 Å². The summed E-state index contributed by atoms with van der Waals surface area (Å²) in [7, 11) is 0. The lowest BCUT2D eigenvalue weighted by atomic mass is 10.0. The van der Waals surface area contributed by atoms with E-state index in [1.807, 2.05) is 23.0 Å². The molecule has 0 radical (unpaired) electrons. The van der Waals surface area contributed by atoms with Gasteiger partial charge in [0, 0.05) is 41.1 Å². The molecule has 1 amide bonds. The number of carbonyl (C=O) groups is 1. The molecule has 4 N–H and O–H groups in total. The van der Waals surface area contributed by atoms with Crippen molar-refractivity contribution >= 4 is 28.9 Å². The van der Waals surface area contributed by atoms with E-state index < -0.39 is 0 Å². The molecule has 4 aromatic rings. The van der Waals surface area contributed by atoms with Crippen LogP contribution < -0.4 is 11.1 Å². The van der Waals surface area contributed by atoms with Crippen molar-refractivity contribution < 1.29 is 4.79 Å². The summed E-state index contributed by atoms with van der Waals surface area (Å²) >= 11 is 5.99. The van der Waals surface area contributed by atoms with Crippen LogP contribution in [-0.2, 0) is 13.0 Å². The van der Waals surface area contributed by atoms with Crippen molar-refractivity contribution in [1.82, 2.24) is 20.1 Å². The average molecular weight is 459 g/mol. The second-order valence-electron chi connectivity index (χ2n) is 7.67. The molecule has 0 fully saturated rings.